The van der Waals surface area contributed by atoms with Gasteiger partial charge in [-0.15, -0.1) is 0 Å². The molecule has 1 aliphatic carbocycles. The summed E-state index contributed by atoms with van der Waals surface area (Å²) in [5.74, 6) is 0.333. The van der Waals surface area contributed by atoms with Crippen molar-refractivity contribution >= 4 is 40.7 Å². The molecule has 1 fully saturated rings. The number of allylic oxidation sites excluding steroid dienone is 1. The van der Waals surface area contributed by atoms with Crippen molar-refractivity contribution in [1.29, 1.82) is 0 Å². The molecule has 0 spiro atoms. The minimum absolute atomic E-state index is 0.0984. The molecule has 5 nitrogen and oxygen atoms in total. The second-order valence-corrected chi connectivity index (χ2v) is 7.36. The molecule has 1 aliphatic heterocycles. The van der Waals surface area contributed by atoms with Crippen LogP contribution in [-0.4, -0.2) is 24.2 Å². The largest absolute Gasteiger partial charge is 0.494 e. The predicted octanol–water partition coefficient (Wildman–Crippen LogP) is 3.56. The number of methoxy groups -OCH3 is 1. The number of thioether (sulfide) groups is 1. The molecule has 1 amide bonds. The number of ether oxygens (including phenoxy) is 1. The Bertz CT molecular complexity index is 731. The first-order valence-corrected chi connectivity index (χ1v) is 9.08. The molecular formula is C17H19ClN2O3S. The highest BCUT2D eigenvalue weighted by Crippen LogP contribution is 2.49. The van der Waals surface area contributed by atoms with Gasteiger partial charge in [0.05, 0.1) is 12.1 Å². The lowest BCUT2D eigenvalue weighted by Crippen LogP contribution is -2.41. The summed E-state index contributed by atoms with van der Waals surface area (Å²) in [5.41, 5.74) is 7.70. The number of anilines is 1. The number of primary amides is 1. The van der Waals surface area contributed by atoms with Crippen LogP contribution in [0.1, 0.15) is 36.5 Å². The third-order valence-electron chi connectivity index (χ3n) is 4.49. The van der Waals surface area contributed by atoms with E-state index < -0.39 is 11.3 Å². The number of nitrogens with two attached hydrogens (primary N) is 1. The van der Waals surface area contributed by atoms with Gasteiger partial charge in [-0.25, -0.2) is 0 Å². The molecule has 1 unspecified atom stereocenters. The number of ketones is 1. The van der Waals surface area contributed by atoms with E-state index in [0.717, 1.165) is 18.5 Å². The Morgan fingerprint density at radius 3 is 2.58 bits per heavy atom. The van der Waals surface area contributed by atoms with Crippen LogP contribution in [0.2, 0.25) is 5.02 Å². The highest BCUT2D eigenvalue weighted by molar-refractivity contribution is 8.03. The predicted molar refractivity (Wildman–Crippen MR) is 96.5 cm³/mol. The van der Waals surface area contributed by atoms with Gasteiger partial charge in [0.25, 0.3) is 5.91 Å². The van der Waals surface area contributed by atoms with Crippen molar-refractivity contribution < 1.29 is 14.3 Å². The molecule has 0 aromatic heterocycles. The van der Waals surface area contributed by atoms with Gasteiger partial charge in [0.2, 0.25) is 0 Å². The molecule has 0 saturated heterocycles. The Labute approximate surface area is 150 Å². The van der Waals surface area contributed by atoms with Gasteiger partial charge in [-0.3, -0.25) is 9.59 Å². The molecule has 1 aromatic rings. The molecule has 24 heavy (non-hydrogen) atoms. The smallest absolute Gasteiger partial charge is 0.251 e. The van der Waals surface area contributed by atoms with Gasteiger partial charge < -0.3 is 15.4 Å². The number of rotatable bonds is 5. The van der Waals surface area contributed by atoms with E-state index in [1.807, 2.05) is 10.3 Å². The number of hydrogen-bond acceptors (Lipinski definition) is 5. The molecular weight excluding hydrogens is 348 g/mol. The minimum Gasteiger partial charge on any atom is -0.494 e. The first-order valence-electron chi connectivity index (χ1n) is 7.76. The van der Waals surface area contributed by atoms with E-state index in [1.54, 1.807) is 12.1 Å². The van der Waals surface area contributed by atoms with Gasteiger partial charge >= 0.3 is 0 Å². The fraction of sp³-hybridized carbons (Fsp3) is 0.412. The van der Waals surface area contributed by atoms with Gasteiger partial charge in [-0.05, 0) is 43.2 Å². The number of halogens is 1. The van der Waals surface area contributed by atoms with Crippen LogP contribution >= 0.6 is 23.4 Å². The lowest BCUT2D eigenvalue weighted by molar-refractivity contribution is -0.117. The van der Waals surface area contributed by atoms with Crippen molar-refractivity contribution in [1.82, 2.24) is 0 Å². The topological polar surface area (TPSA) is 72.6 Å². The summed E-state index contributed by atoms with van der Waals surface area (Å²) in [6.07, 6.45) is 3.34. The summed E-state index contributed by atoms with van der Waals surface area (Å²) >= 11 is 7.86. The molecule has 128 valence electrons. The van der Waals surface area contributed by atoms with Crippen molar-refractivity contribution in [3.05, 3.63) is 33.8 Å². The molecule has 1 saturated carbocycles. The van der Waals surface area contributed by atoms with Crippen LogP contribution in [-0.2, 0) is 4.79 Å². The number of benzene rings is 1. The highest BCUT2D eigenvalue weighted by Gasteiger charge is 2.40. The Hall–Kier alpha value is -1.66. The Balaban J connectivity index is 2.11. The van der Waals surface area contributed by atoms with E-state index in [1.165, 1.54) is 32.2 Å². The SMILES string of the molecule is COc1cc(C(C)=O)cc(Cl)c1N1C(C2CCC2)=CSC1C(N)=O. The maximum absolute atomic E-state index is 11.9. The van der Waals surface area contributed by atoms with Crippen molar-refractivity contribution in [3.63, 3.8) is 0 Å². The van der Waals surface area contributed by atoms with Crippen LogP contribution in [0.15, 0.2) is 23.2 Å². The molecule has 0 bridgehead atoms. The monoisotopic (exact) mass is 366 g/mol. The first-order chi connectivity index (χ1) is 11.4. The highest BCUT2D eigenvalue weighted by atomic mass is 35.5. The zero-order valence-electron chi connectivity index (χ0n) is 13.5. The summed E-state index contributed by atoms with van der Waals surface area (Å²) in [6, 6.07) is 3.27. The van der Waals surface area contributed by atoms with E-state index >= 15 is 0 Å². The second-order valence-electron chi connectivity index (χ2n) is 6.00. The zero-order chi connectivity index (χ0) is 17.4. The summed E-state index contributed by atoms with van der Waals surface area (Å²) in [5, 5.41) is 1.81. The van der Waals surface area contributed by atoms with Gasteiger partial charge in [-0.2, -0.15) is 0 Å². The summed E-state index contributed by atoms with van der Waals surface area (Å²) in [4.78, 5) is 25.5. The Morgan fingerprint density at radius 2 is 2.08 bits per heavy atom. The number of hydrogen-bond donors (Lipinski definition) is 1. The van der Waals surface area contributed by atoms with E-state index in [-0.39, 0.29) is 5.78 Å². The molecule has 1 aromatic carbocycles. The fourth-order valence-electron chi connectivity index (χ4n) is 2.99. The molecule has 7 heteroatoms. The molecule has 2 N–H and O–H groups in total. The molecule has 0 radical (unpaired) electrons. The number of carbonyl (C=O) groups is 2. The second kappa shape index (κ2) is 6.69. The van der Waals surface area contributed by atoms with Crippen LogP contribution < -0.4 is 15.4 Å². The van der Waals surface area contributed by atoms with Crippen molar-refractivity contribution in [2.75, 3.05) is 12.0 Å². The normalized spacial score (nSPS) is 20.5. The number of Topliss-reactive ketones (excluding diaryl/α,β-unsaturated/α-hetero) is 1. The number of carbonyl (C=O) groups excluding carboxylic acids is 2. The van der Waals surface area contributed by atoms with Gasteiger partial charge in [0.15, 0.2) is 11.2 Å². The van der Waals surface area contributed by atoms with Crippen molar-refractivity contribution in [2.45, 2.75) is 31.6 Å². The number of amides is 1. The summed E-state index contributed by atoms with van der Waals surface area (Å²) in [6.45, 7) is 1.47. The average molecular weight is 367 g/mol. The van der Waals surface area contributed by atoms with Gasteiger partial charge in [0.1, 0.15) is 11.4 Å². The summed E-state index contributed by atoms with van der Waals surface area (Å²) in [7, 11) is 1.52. The van der Waals surface area contributed by atoms with Crippen LogP contribution in [0, 0.1) is 5.92 Å². The standard InChI is InChI=1S/C17H19ClN2O3S/c1-9(21)11-6-12(18)15(14(7-11)23-2)20-13(10-4-3-5-10)8-24-17(20)16(19)22/h6-8,10,17H,3-5H2,1-2H3,(H2,19,22). The van der Waals surface area contributed by atoms with Crippen molar-refractivity contribution in [2.24, 2.45) is 11.7 Å². The summed E-state index contributed by atoms with van der Waals surface area (Å²) < 4.78 is 5.47. The van der Waals surface area contributed by atoms with Crippen LogP contribution in [0.3, 0.4) is 0 Å². The van der Waals surface area contributed by atoms with Gasteiger partial charge in [-0.1, -0.05) is 29.8 Å². The maximum Gasteiger partial charge on any atom is 0.251 e. The Morgan fingerprint density at radius 1 is 1.38 bits per heavy atom. The minimum atomic E-state index is -0.560. The van der Waals surface area contributed by atoms with Crippen molar-refractivity contribution in [3.8, 4) is 5.75 Å². The van der Waals surface area contributed by atoms with Crippen LogP contribution in [0.25, 0.3) is 0 Å². The average Bonchev–Trinajstić information content (AvgIpc) is 2.88. The van der Waals surface area contributed by atoms with Crippen LogP contribution in [0.4, 0.5) is 5.69 Å². The van der Waals surface area contributed by atoms with E-state index in [2.05, 4.69) is 0 Å². The van der Waals surface area contributed by atoms with E-state index in [0.29, 0.717) is 27.9 Å². The molecule has 3 rings (SSSR count). The zero-order valence-corrected chi connectivity index (χ0v) is 15.1. The quantitative estimate of drug-likeness (QED) is 0.806. The fourth-order valence-corrected chi connectivity index (χ4v) is 4.35. The molecule has 2 aliphatic rings. The van der Waals surface area contributed by atoms with E-state index in [4.69, 9.17) is 22.1 Å². The first kappa shape index (κ1) is 17.2. The lowest BCUT2D eigenvalue weighted by atomic mass is 9.82. The Kier molecular flexibility index (Phi) is 4.78. The third kappa shape index (κ3) is 2.89. The molecule has 1 heterocycles. The number of nitrogens with zero attached hydrogens (tertiary/aromatic N) is 1. The third-order valence-corrected chi connectivity index (χ3v) is 5.86. The van der Waals surface area contributed by atoms with Gasteiger partial charge in [0, 0.05) is 11.3 Å². The maximum atomic E-state index is 11.9. The van der Waals surface area contributed by atoms with Crippen LogP contribution in [0.5, 0.6) is 5.75 Å². The van der Waals surface area contributed by atoms with E-state index in [9.17, 15) is 9.59 Å². The molecule has 1 atom stereocenters. The lowest BCUT2D eigenvalue weighted by Gasteiger charge is -2.36.